The lowest BCUT2D eigenvalue weighted by atomic mass is 10.0. The number of thioether (sulfide) groups is 1. The number of rotatable bonds is 2. The average molecular weight is 277 g/mol. The van der Waals surface area contributed by atoms with E-state index in [0.29, 0.717) is 18.5 Å². The van der Waals surface area contributed by atoms with Crippen LogP contribution in [0.1, 0.15) is 23.7 Å². The van der Waals surface area contributed by atoms with Gasteiger partial charge in [0.2, 0.25) is 5.91 Å². The molecule has 0 saturated carbocycles. The smallest absolute Gasteiger partial charge is 0.338 e. The van der Waals surface area contributed by atoms with Gasteiger partial charge in [0.25, 0.3) is 0 Å². The Morgan fingerprint density at radius 1 is 1.42 bits per heavy atom. The summed E-state index contributed by atoms with van der Waals surface area (Å²) in [6.45, 7) is 2.39. The first-order valence-electron chi connectivity index (χ1n) is 6.27. The zero-order chi connectivity index (χ0) is 13.5. The molecule has 2 fully saturated rings. The van der Waals surface area contributed by atoms with Gasteiger partial charge in [0, 0.05) is 5.75 Å². The fraction of sp³-hybridized carbons (Fsp3) is 0.429. The van der Waals surface area contributed by atoms with Crippen molar-refractivity contribution in [1.29, 1.82) is 0 Å². The van der Waals surface area contributed by atoms with E-state index in [1.54, 1.807) is 28.8 Å². The number of fused-ring (bicyclic) bond motifs is 1. The Bertz CT molecular complexity index is 519. The predicted molar refractivity (Wildman–Crippen MR) is 72.8 cm³/mol. The van der Waals surface area contributed by atoms with Crippen LogP contribution < -0.4 is 0 Å². The van der Waals surface area contributed by atoms with E-state index in [2.05, 4.69) is 0 Å². The zero-order valence-electron chi connectivity index (χ0n) is 10.7. The molecule has 4 nitrogen and oxygen atoms in total. The van der Waals surface area contributed by atoms with Crippen LogP contribution in [-0.4, -0.2) is 40.0 Å². The van der Waals surface area contributed by atoms with Gasteiger partial charge in [-0.3, -0.25) is 4.79 Å². The van der Waals surface area contributed by atoms with Gasteiger partial charge in [0.05, 0.1) is 23.9 Å². The van der Waals surface area contributed by atoms with Gasteiger partial charge >= 0.3 is 5.97 Å². The van der Waals surface area contributed by atoms with E-state index in [9.17, 15) is 9.59 Å². The van der Waals surface area contributed by atoms with Crippen LogP contribution in [0.3, 0.4) is 0 Å². The van der Waals surface area contributed by atoms with Crippen LogP contribution in [0, 0.1) is 0 Å². The van der Waals surface area contributed by atoms with Crippen LogP contribution in [-0.2, 0) is 9.53 Å². The molecule has 2 heterocycles. The summed E-state index contributed by atoms with van der Waals surface area (Å²) >= 11 is 1.69. The second-order valence-corrected chi connectivity index (χ2v) is 6.36. The summed E-state index contributed by atoms with van der Waals surface area (Å²) in [4.78, 5) is 25.3. The number of β-lactam (4-membered cyclic amide) rings is 1. The molecule has 1 aromatic rings. The number of nitrogens with zero attached hydrogens (tertiary/aromatic N) is 1. The summed E-state index contributed by atoms with van der Waals surface area (Å²) in [7, 11) is 0. The second-order valence-electron chi connectivity index (χ2n) is 5.20. The summed E-state index contributed by atoms with van der Waals surface area (Å²) in [5, 5.41) is 0.288. The lowest BCUT2D eigenvalue weighted by Crippen LogP contribution is -2.62. The number of carbonyl (C=O) groups excluding carboxylic acids is 2. The highest BCUT2D eigenvalue weighted by Crippen LogP contribution is 2.39. The Morgan fingerprint density at radius 3 is 2.84 bits per heavy atom. The topological polar surface area (TPSA) is 46.6 Å². The predicted octanol–water partition coefficient (Wildman–Crippen LogP) is 1.91. The SMILES string of the molecule is CC1(OC(=O)c2ccccc2)CS[C@@H]2CC(=O)N2C1. The molecule has 1 unspecified atom stereocenters. The van der Waals surface area contributed by atoms with Crippen LogP contribution in [0.25, 0.3) is 0 Å². The molecule has 100 valence electrons. The molecule has 0 N–H and O–H groups in total. The van der Waals surface area contributed by atoms with E-state index in [1.807, 2.05) is 25.1 Å². The second kappa shape index (κ2) is 4.56. The standard InChI is InChI=1S/C14H15NO3S/c1-14(8-15-11(16)7-12(15)19-9-14)18-13(17)10-5-3-2-4-6-10/h2-6,12H,7-9H2,1H3/t12-,14?/m1/s1. The van der Waals surface area contributed by atoms with Gasteiger partial charge in [0.15, 0.2) is 0 Å². The minimum Gasteiger partial charge on any atom is -0.453 e. The van der Waals surface area contributed by atoms with E-state index < -0.39 is 5.60 Å². The van der Waals surface area contributed by atoms with Gasteiger partial charge in [-0.15, -0.1) is 11.8 Å². The molecule has 0 aliphatic carbocycles. The molecule has 2 aliphatic rings. The van der Waals surface area contributed by atoms with Crippen LogP contribution >= 0.6 is 11.8 Å². The van der Waals surface area contributed by atoms with E-state index >= 15 is 0 Å². The van der Waals surface area contributed by atoms with Gasteiger partial charge in [-0.25, -0.2) is 4.79 Å². The average Bonchev–Trinajstić information content (AvgIpc) is 2.41. The highest BCUT2D eigenvalue weighted by Gasteiger charge is 2.47. The van der Waals surface area contributed by atoms with Crippen LogP contribution in [0.2, 0.25) is 0 Å². The molecule has 3 rings (SSSR count). The van der Waals surface area contributed by atoms with Crippen molar-refractivity contribution in [2.45, 2.75) is 24.3 Å². The maximum atomic E-state index is 12.1. The Hall–Kier alpha value is -1.49. The molecule has 2 aliphatic heterocycles. The molecule has 2 atom stereocenters. The Morgan fingerprint density at radius 2 is 2.16 bits per heavy atom. The first-order chi connectivity index (χ1) is 9.07. The molecule has 5 heteroatoms. The Balaban J connectivity index is 1.69. The third-order valence-electron chi connectivity index (χ3n) is 3.45. The number of amides is 1. The number of benzene rings is 1. The molecule has 0 bridgehead atoms. The summed E-state index contributed by atoms with van der Waals surface area (Å²) in [5.74, 6) is 0.564. The molecule has 0 radical (unpaired) electrons. The summed E-state index contributed by atoms with van der Waals surface area (Å²) in [5.41, 5.74) is -0.0461. The van der Waals surface area contributed by atoms with Crippen molar-refractivity contribution in [3.8, 4) is 0 Å². The number of carbonyl (C=O) groups is 2. The van der Waals surface area contributed by atoms with Gasteiger partial charge in [-0.1, -0.05) is 18.2 Å². The summed E-state index contributed by atoms with van der Waals surface area (Å²) in [6.07, 6.45) is 0.618. The van der Waals surface area contributed by atoms with Gasteiger partial charge in [-0.05, 0) is 19.1 Å². The molecule has 1 amide bonds. The minimum atomic E-state index is -0.593. The highest BCUT2D eigenvalue weighted by atomic mass is 32.2. The van der Waals surface area contributed by atoms with Crippen molar-refractivity contribution in [1.82, 2.24) is 4.90 Å². The maximum absolute atomic E-state index is 12.1. The molecular weight excluding hydrogens is 262 g/mol. The largest absolute Gasteiger partial charge is 0.453 e. The Labute approximate surface area is 116 Å². The van der Waals surface area contributed by atoms with Crippen LogP contribution in [0.5, 0.6) is 0 Å². The number of esters is 1. The minimum absolute atomic E-state index is 0.152. The van der Waals surface area contributed by atoms with Crippen LogP contribution in [0.15, 0.2) is 30.3 Å². The molecular formula is C14H15NO3S. The quantitative estimate of drug-likeness (QED) is 0.612. The Kier molecular flexibility index (Phi) is 3.01. The molecule has 2 saturated heterocycles. The fourth-order valence-corrected chi connectivity index (χ4v) is 3.69. The molecule has 1 aromatic carbocycles. The third-order valence-corrected chi connectivity index (χ3v) is 5.03. The fourth-order valence-electron chi connectivity index (χ4n) is 2.36. The lowest BCUT2D eigenvalue weighted by molar-refractivity contribution is -0.146. The molecule has 0 aromatic heterocycles. The number of hydrogen-bond donors (Lipinski definition) is 0. The monoisotopic (exact) mass is 277 g/mol. The third kappa shape index (κ3) is 2.34. The number of ether oxygens (including phenoxy) is 1. The first kappa shape index (κ1) is 12.5. The van der Waals surface area contributed by atoms with Crippen molar-refractivity contribution in [2.24, 2.45) is 0 Å². The number of hydrogen-bond acceptors (Lipinski definition) is 4. The normalized spacial score (nSPS) is 29.4. The van der Waals surface area contributed by atoms with Crippen molar-refractivity contribution in [3.05, 3.63) is 35.9 Å². The van der Waals surface area contributed by atoms with E-state index in [0.717, 1.165) is 5.75 Å². The maximum Gasteiger partial charge on any atom is 0.338 e. The summed E-state index contributed by atoms with van der Waals surface area (Å²) < 4.78 is 5.61. The zero-order valence-corrected chi connectivity index (χ0v) is 11.5. The van der Waals surface area contributed by atoms with Crippen molar-refractivity contribution in [3.63, 3.8) is 0 Å². The van der Waals surface area contributed by atoms with E-state index in [4.69, 9.17) is 4.74 Å². The van der Waals surface area contributed by atoms with E-state index in [-0.39, 0.29) is 17.3 Å². The molecule has 0 spiro atoms. The summed E-state index contributed by atoms with van der Waals surface area (Å²) in [6, 6.07) is 8.95. The van der Waals surface area contributed by atoms with E-state index in [1.165, 1.54) is 0 Å². The van der Waals surface area contributed by atoms with Gasteiger partial charge < -0.3 is 9.64 Å². The van der Waals surface area contributed by atoms with Crippen LogP contribution in [0.4, 0.5) is 0 Å². The van der Waals surface area contributed by atoms with Gasteiger partial charge in [0.1, 0.15) is 5.60 Å². The van der Waals surface area contributed by atoms with Crippen molar-refractivity contribution >= 4 is 23.6 Å². The van der Waals surface area contributed by atoms with Crippen molar-refractivity contribution < 1.29 is 14.3 Å². The van der Waals surface area contributed by atoms with Gasteiger partial charge in [-0.2, -0.15) is 0 Å². The highest BCUT2D eigenvalue weighted by molar-refractivity contribution is 8.00. The first-order valence-corrected chi connectivity index (χ1v) is 7.32. The molecule has 19 heavy (non-hydrogen) atoms. The van der Waals surface area contributed by atoms with Crippen molar-refractivity contribution in [2.75, 3.05) is 12.3 Å². The lowest BCUT2D eigenvalue weighted by Gasteiger charge is -2.49.